The summed E-state index contributed by atoms with van der Waals surface area (Å²) in [6.45, 7) is 2.65. The molecule has 0 aromatic heterocycles. The van der Waals surface area contributed by atoms with Gasteiger partial charge in [-0.3, -0.25) is 5.43 Å². The second-order valence-electron chi connectivity index (χ2n) is 4.49. The third-order valence-corrected chi connectivity index (χ3v) is 3.64. The van der Waals surface area contributed by atoms with Gasteiger partial charge in [-0.05, 0) is 30.5 Å². The zero-order valence-electron chi connectivity index (χ0n) is 10.2. The Bertz CT molecular complexity index is 431. The maximum atomic E-state index is 11.2. The lowest BCUT2D eigenvalue weighted by molar-refractivity contribution is 0.0694. The van der Waals surface area contributed by atoms with Crippen LogP contribution in [0.25, 0.3) is 0 Å². The van der Waals surface area contributed by atoms with E-state index in [-0.39, 0.29) is 0 Å². The van der Waals surface area contributed by atoms with Gasteiger partial charge in [0.15, 0.2) is 0 Å². The van der Waals surface area contributed by atoms with Crippen LogP contribution in [-0.2, 0) is 6.54 Å². The van der Waals surface area contributed by atoms with E-state index in [1.165, 1.54) is 19.3 Å². The molecular formula is C13H17BrN2O2. The molecule has 0 saturated carbocycles. The number of rotatable bonds is 4. The monoisotopic (exact) mass is 312 g/mol. The lowest BCUT2D eigenvalue weighted by Crippen LogP contribution is -2.41. The lowest BCUT2D eigenvalue weighted by Gasteiger charge is -2.27. The highest BCUT2D eigenvalue weighted by Crippen LogP contribution is 2.17. The van der Waals surface area contributed by atoms with Crippen LogP contribution in [-0.4, -0.2) is 29.2 Å². The summed E-state index contributed by atoms with van der Waals surface area (Å²) in [5.41, 5.74) is 4.48. The summed E-state index contributed by atoms with van der Waals surface area (Å²) in [6.07, 6.45) is 3.70. The lowest BCUT2D eigenvalue weighted by atomic mass is 10.1. The number of hydrogen-bond donors (Lipinski definition) is 2. The number of hydrazine groups is 1. The van der Waals surface area contributed by atoms with Crippen LogP contribution in [0.15, 0.2) is 22.7 Å². The van der Waals surface area contributed by atoms with Crippen molar-refractivity contribution in [1.29, 1.82) is 0 Å². The average molecular weight is 313 g/mol. The van der Waals surface area contributed by atoms with E-state index in [1.807, 2.05) is 12.1 Å². The molecule has 5 heteroatoms. The second kappa shape index (κ2) is 6.31. The Labute approximate surface area is 115 Å². The van der Waals surface area contributed by atoms with Crippen LogP contribution in [0.4, 0.5) is 0 Å². The predicted molar refractivity (Wildman–Crippen MR) is 73.4 cm³/mol. The largest absolute Gasteiger partial charge is 0.478 e. The van der Waals surface area contributed by atoms with E-state index >= 15 is 0 Å². The molecule has 2 rings (SSSR count). The number of carboxylic acids is 1. The Kier molecular flexibility index (Phi) is 4.74. The molecule has 0 bridgehead atoms. The first-order valence-electron chi connectivity index (χ1n) is 6.17. The van der Waals surface area contributed by atoms with E-state index < -0.39 is 5.97 Å². The zero-order valence-corrected chi connectivity index (χ0v) is 11.7. The molecule has 1 aliphatic heterocycles. The van der Waals surface area contributed by atoms with Crippen molar-refractivity contribution in [3.8, 4) is 0 Å². The Hall–Kier alpha value is -0.910. The number of nitrogens with zero attached hydrogens (tertiary/aromatic N) is 1. The van der Waals surface area contributed by atoms with E-state index in [0.29, 0.717) is 12.1 Å². The molecule has 4 nitrogen and oxygen atoms in total. The van der Waals surface area contributed by atoms with Crippen LogP contribution >= 0.6 is 15.9 Å². The van der Waals surface area contributed by atoms with Gasteiger partial charge in [0.25, 0.3) is 0 Å². The number of halogens is 1. The fourth-order valence-corrected chi connectivity index (χ4v) is 2.51. The molecule has 1 aliphatic rings. The molecule has 0 amide bonds. The smallest absolute Gasteiger partial charge is 0.336 e. The van der Waals surface area contributed by atoms with Gasteiger partial charge in [-0.1, -0.05) is 28.4 Å². The standard InChI is InChI=1S/C13H17BrN2O2/c14-11-5-4-10(12(8-11)13(17)18)9-15-16-6-2-1-3-7-16/h4-5,8,15H,1-3,6-7,9H2,(H,17,18). The van der Waals surface area contributed by atoms with Crippen LogP contribution in [0.2, 0.25) is 0 Å². The average Bonchev–Trinajstić information content (AvgIpc) is 2.38. The molecular weight excluding hydrogens is 296 g/mol. The van der Waals surface area contributed by atoms with Gasteiger partial charge >= 0.3 is 5.97 Å². The van der Waals surface area contributed by atoms with E-state index in [0.717, 1.165) is 23.1 Å². The summed E-state index contributed by atoms with van der Waals surface area (Å²) in [4.78, 5) is 11.2. The third-order valence-electron chi connectivity index (χ3n) is 3.15. The van der Waals surface area contributed by atoms with Crippen molar-refractivity contribution < 1.29 is 9.90 Å². The van der Waals surface area contributed by atoms with Crippen molar-refractivity contribution in [2.75, 3.05) is 13.1 Å². The Morgan fingerprint density at radius 3 is 2.72 bits per heavy atom. The highest BCUT2D eigenvalue weighted by molar-refractivity contribution is 9.10. The molecule has 0 aliphatic carbocycles. The minimum atomic E-state index is -0.883. The van der Waals surface area contributed by atoms with Crippen LogP contribution in [0.3, 0.4) is 0 Å². The van der Waals surface area contributed by atoms with Gasteiger partial charge in [0, 0.05) is 24.1 Å². The summed E-state index contributed by atoms with van der Waals surface area (Å²) in [5, 5.41) is 11.3. The number of carbonyl (C=O) groups is 1. The number of aromatic carboxylic acids is 1. The maximum absolute atomic E-state index is 11.2. The molecule has 1 aromatic carbocycles. The highest BCUT2D eigenvalue weighted by atomic mass is 79.9. The first-order valence-corrected chi connectivity index (χ1v) is 6.96. The van der Waals surface area contributed by atoms with Gasteiger partial charge < -0.3 is 5.11 Å². The molecule has 1 aromatic rings. The van der Waals surface area contributed by atoms with Crippen LogP contribution in [0, 0.1) is 0 Å². The zero-order chi connectivity index (χ0) is 13.0. The van der Waals surface area contributed by atoms with Gasteiger partial charge in [0.2, 0.25) is 0 Å². The molecule has 98 valence electrons. The highest BCUT2D eigenvalue weighted by Gasteiger charge is 2.13. The van der Waals surface area contributed by atoms with Crippen molar-refractivity contribution in [1.82, 2.24) is 10.4 Å². The summed E-state index contributed by atoms with van der Waals surface area (Å²) >= 11 is 3.30. The van der Waals surface area contributed by atoms with Crippen molar-refractivity contribution in [2.45, 2.75) is 25.8 Å². The Morgan fingerprint density at radius 1 is 1.33 bits per heavy atom. The van der Waals surface area contributed by atoms with Gasteiger partial charge in [0.05, 0.1) is 5.56 Å². The maximum Gasteiger partial charge on any atom is 0.336 e. The first kappa shape index (κ1) is 13.5. The fourth-order valence-electron chi connectivity index (χ4n) is 2.15. The molecule has 0 radical (unpaired) electrons. The predicted octanol–water partition coefficient (Wildman–Crippen LogP) is 2.64. The van der Waals surface area contributed by atoms with Crippen molar-refractivity contribution in [3.63, 3.8) is 0 Å². The summed E-state index contributed by atoms with van der Waals surface area (Å²) < 4.78 is 0.793. The topological polar surface area (TPSA) is 52.6 Å². The van der Waals surface area contributed by atoms with Gasteiger partial charge in [-0.15, -0.1) is 0 Å². The number of piperidine rings is 1. The van der Waals surface area contributed by atoms with E-state index in [4.69, 9.17) is 5.11 Å². The van der Waals surface area contributed by atoms with Crippen LogP contribution < -0.4 is 5.43 Å². The molecule has 0 atom stereocenters. The number of benzene rings is 1. The summed E-state index contributed by atoms with van der Waals surface area (Å²) in [6, 6.07) is 5.37. The minimum Gasteiger partial charge on any atom is -0.478 e. The number of carboxylic acid groups (broad SMARTS) is 1. The van der Waals surface area contributed by atoms with Crippen molar-refractivity contribution in [2.24, 2.45) is 0 Å². The molecule has 1 fully saturated rings. The first-order chi connectivity index (χ1) is 8.66. The fraction of sp³-hybridized carbons (Fsp3) is 0.462. The molecule has 0 spiro atoms. The van der Waals surface area contributed by atoms with Gasteiger partial charge in [-0.2, -0.15) is 0 Å². The van der Waals surface area contributed by atoms with Gasteiger partial charge in [0.1, 0.15) is 0 Å². The molecule has 18 heavy (non-hydrogen) atoms. The quantitative estimate of drug-likeness (QED) is 0.897. The van der Waals surface area contributed by atoms with Crippen LogP contribution in [0.5, 0.6) is 0 Å². The normalized spacial score (nSPS) is 16.7. The van der Waals surface area contributed by atoms with E-state index in [1.54, 1.807) is 6.07 Å². The summed E-state index contributed by atoms with van der Waals surface area (Å²) in [7, 11) is 0. The minimum absolute atomic E-state index is 0.355. The molecule has 0 unspecified atom stereocenters. The van der Waals surface area contributed by atoms with Crippen molar-refractivity contribution in [3.05, 3.63) is 33.8 Å². The number of nitrogens with one attached hydrogen (secondary N) is 1. The second-order valence-corrected chi connectivity index (χ2v) is 5.40. The van der Waals surface area contributed by atoms with E-state index in [2.05, 4.69) is 26.4 Å². The Balaban J connectivity index is 2.01. The van der Waals surface area contributed by atoms with Crippen molar-refractivity contribution >= 4 is 21.9 Å². The van der Waals surface area contributed by atoms with Gasteiger partial charge in [-0.25, -0.2) is 9.80 Å². The third kappa shape index (κ3) is 3.54. The Morgan fingerprint density at radius 2 is 2.06 bits per heavy atom. The molecule has 1 saturated heterocycles. The molecule has 2 N–H and O–H groups in total. The van der Waals surface area contributed by atoms with Crippen LogP contribution in [0.1, 0.15) is 35.2 Å². The molecule has 1 heterocycles. The summed E-state index contributed by atoms with van der Waals surface area (Å²) in [5.74, 6) is -0.883. The number of hydrogen-bond acceptors (Lipinski definition) is 3. The van der Waals surface area contributed by atoms with E-state index in [9.17, 15) is 4.79 Å². The SMILES string of the molecule is O=C(O)c1cc(Br)ccc1CNN1CCCCC1.